The van der Waals surface area contributed by atoms with Crippen LogP contribution in [0.5, 0.6) is 0 Å². The van der Waals surface area contributed by atoms with Crippen LogP contribution in [0.4, 0.5) is 0 Å². The summed E-state index contributed by atoms with van der Waals surface area (Å²) >= 11 is 0. The van der Waals surface area contributed by atoms with Crippen molar-refractivity contribution in [1.82, 2.24) is 0 Å². The predicted molar refractivity (Wildman–Crippen MR) is 68.0 cm³/mol. The van der Waals surface area contributed by atoms with Gasteiger partial charge in [-0.1, -0.05) is 30.0 Å². The van der Waals surface area contributed by atoms with Crippen LogP contribution >= 0.6 is 0 Å². The molecular weight excluding hydrogens is 196 g/mol. The molecule has 0 bridgehead atoms. The lowest BCUT2D eigenvalue weighted by atomic mass is 9.82. The average Bonchev–Trinajstić information content (AvgIpc) is 2.13. The number of hydrogen-bond donors (Lipinski definition) is 1. The maximum absolute atomic E-state index is 9.78. The van der Waals surface area contributed by atoms with Gasteiger partial charge in [0.05, 0.1) is 5.60 Å². The second-order valence-corrected chi connectivity index (χ2v) is 5.49. The number of rotatable bonds is 2. The van der Waals surface area contributed by atoms with Crippen LogP contribution in [0.15, 0.2) is 30.3 Å². The molecule has 0 amide bonds. The molecule has 0 aliphatic carbocycles. The summed E-state index contributed by atoms with van der Waals surface area (Å²) in [5, 5.41) is 9.78. The van der Waals surface area contributed by atoms with Crippen molar-refractivity contribution in [3.05, 3.63) is 35.9 Å². The van der Waals surface area contributed by atoms with E-state index in [-0.39, 0.29) is 5.41 Å². The Labute approximate surface area is 98.5 Å². The fraction of sp³-hybridized carbons (Fsp3) is 0.467. The van der Waals surface area contributed by atoms with Gasteiger partial charge < -0.3 is 5.11 Å². The van der Waals surface area contributed by atoms with E-state index >= 15 is 0 Å². The third kappa shape index (κ3) is 5.00. The highest BCUT2D eigenvalue weighted by molar-refractivity contribution is 5.35. The molecule has 0 saturated heterocycles. The van der Waals surface area contributed by atoms with Crippen LogP contribution in [0.25, 0.3) is 0 Å². The van der Waals surface area contributed by atoms with E-state index in [4.69, 9.17) is 0 Å². The molecule has 0 heterocycles. The van der Waals surface area contributed by atoms with E-state index in [1.165, 1.54) is 0 Å². The van der Waals surface area contributed by atoms with Crippen molar-refractivity contribution >= 4 is 0 Å². The minimum Gasteiger partial charge on any atom is -0.390 e. The smallest absolute Gasteiger partial charge is 0.0606 e. The van der Waals surface area contributed by atoms with Gasteiger partial charge in [-0.15, -0.1) is 0 Å². The lowest BCUT2D eigenvalue weighted by Gasteiger charge is -2.26. The van der Waals surface area contributed by atoms with Crippen molar-refractivity contribution in [3.8, 4) is 11.8 Å². The van der Waals surface area contributed by atoms with E-state index in [1.54, 1.807) is 0 Å². The molecule has 1 nitrogen and oxygen atoms in total. The Balaban J connectivity index is 2.77. The third-order valence-corrected chi connectivity index (χ3v) is 2.19. The molecule has 0 atom stereocenters. The van der Waals surface area contributed by atoms with Gasteiger partial charge in [0.2, 0.25) is 0 Å². The Bertz CT molecular complexity index is 385. The molecule has 16 heavy (non-hydrogen) atoms. The van der Waals surface area contributed by atoms with Crippen LogP contribution in [-0.4, -0.2) is 10.7 Å². The summed E-state index contributed by atoms with van der Waals surface area (Å²) in [4.78, 5) is 0. The normalized spacial score (nSPS) is 11.8. The van der Waals surface area contributed by atoms with Crippen LogP contribution in [0, 0.1) is 17.3 Å². The van der Waals surface area contributed by atoms with Crippen molar-refractivity contribution in [3.63, 3.8) is 0 Å². The van der Waals surface area contributed by atoms with Gasteiger partial charge in [0.25, 0.3) is 0 Å². The zero-order valence-corrected chi connectivity index (χ0v) is 10.5. The Morgan fingerprint density at radius 3 is 2.12 bits per heavy atom. The second kappa shape index (κ2) is 4.72. The third-order valence-electron chi connectivity index (χ3n) is 2.19. The maximum atomic E-state index is 9.78. The Hall–Kier alpha value is -1.26. The summed E-state index contributed by atoms with van der Waals surface area (Å²) in [6.45, 7) is 7.75. The first-order valence-corrected chi connectivity index (χ1v) is 5.59. The second-order valence-electron chi connectivity index (χ2n) is 5.49. The molecule has 0 unspecified atom stereocenters. The van der Waals surface area contributed by atoms with Gasteiger partial charge in [0.15, 0.2) is 0 Å². The van der Waals surface area contributed by atoms with Gasteiger partial charge in [-0.25, -0.2) is 0 Å². The summed E-state index contributed by atoms with van der Waals surface area (Å²) in [6, 6.07) is 9.92. The maximum Gasteiger partial charge on any atom is 0.0606 e. The van der Waals surface area contributed by atoms with Gasteiger partial charge in [0.1, 0.15) is 0 Å². The lowest BCUT2D eigenvalue weighted by Crippen LogP contribution is -2.27. The van der Waals surface area contributed by atoms with Crippen molar-refractivity contribution in [2.45, 2.75) is 39.7 Å². The highest BCUT2D eigenvalue weighted by Crippen LogP contribution is 2.26. The van der Waals surface area contributed by atoms with Crippen molar-refractivity contribution < 1.29 is 5.11 Å². The first-order valence-electron chi connectivity index (χ1n) is 5.59. The van der Waals surface area contributed by atoms with Gasteiger partial charge in [-0.2, -0.15) is 0 Å². The minimum absolute atomic E-state index is 0.173. The van der Waals surface area contributed by atoms with Crippen LogP contribution in [0.1, 0.15) is 39.7 Å². The molecule has 0 aliphatic heterocycles. The largest absolute Gasteiger partial charge is 0.390 e. The molecule has 1 aromatic rings. The Morgan fingerprint density at radius 2 is 1.62 bits per heavy atom. The Morgan fingerprint density at radius 1 is 1.06 bits per heavy atom. The molecule has 0 saturated carbocycles. The van der Waals surface area contributed by atoms with Crippen molar-refractivity contribution in [2.24, 2.45) is 5.41 Å². The molecule has 0 fully saturated rings. The van der Waals surface area contributed by atoms with Crippen LogP contribution in [0.3, 0.4) is 0 Å². The van der Waals surface area contributed by atoms with Crippen LogP contribution in [-0.2, 0) is 0 Å². The first kappa shape index (κ1) is 12.8. The zero-order valence-electron chi connectivity index (χ0n) is 10.5. The van der Waals surface area contributed by atoms with E-state index in [2.05, 4.69) is 25.7 Å². The van der Waals surface area contributed by atoms with E-state index in [0.29, 0.717) is 6.42 Å². The molecule has 1 heteroatoms. The molecule has 0 aromatic heterocycles. The fourth-order valence-electron chi connectivity index (χ4n) is 1.89. The summed E-state index contributed by atoms with van der Waals surface area (Å²) in [7, 11) is 0. The molecule has 1 aromatic carbocycles. The minimum atomic E-state index is -0.672. The van der Waals surface area contributed by atoms with Crippen molar-refractivity contribution in [2.75, 3.05) is 0 Å². The summed E-state index contributed by atoms with van der Waals surface area (Å²) < 4.78 is 0. The van der Waals surface area contributed by atoms with E-state index in [0.717, 1.165) is 5.56 Å². The quantitative estimate of drug-likeness (QED) is 0.753. The number of hydrogen-bond acceptors (Lipinski definition) is 1. The van der Waals surface area contributed by atoms with Crippen molar-refractivity contribution in [1.29, 1.82) is 0 Å². The number of benzene rings is 1. The summed E-state index contributed by atoms with van der Waals surface area (Å²) in [5.74, 6) is 6.37. The molecule has 86 valence electrons. The molecular formula is C15H20O. The lowest BCUT2D eigenvalue weighted by molar-refractivity contribution is 0.0459. The monoisotopic (exact) mass is 216 g/mol. The standard InChI is InChI=1S/C15H20O/c1-14(2,12-15(3,4)16)11-10-13-8-6-5-7-9-13/h5-9,16H,12H2,1-4H3. The van der Waals surface area contributed by atoms with E-state index in [9.17, 15) is 5.11 Å². The summed E-state index contributed by atoms with van der Waals surface area (Å²) in [5.41, 5.74) is 0.175. The van der Waals surface area contributed by atoms with Gasteiger partial charge in [-0.3, -0.25) is 0 Å². The zero-order chi connectivity index (χ0) is 12.2. The highest BCUT2D eigenvalue weighted by Gasteiger charge is 2.24. The number of aliphatic hydroxyl groups is 1. The first-order chi connectivity index (χ1) is 7.29. The van der Waals surface area contributed by atoms with Crippen LogP contribution < -0.4 is 0 Å². The molecule has 1 N–H and O–H groups in total. The van der Waals surface area contributed by atoms with Crippen LogP contribution in [0.2, 0.25) is 0 Å². The SMILES string of the molecule is CC(C)(O)CC(C)(C)C#Cc1ccccc1. The topological polar surface area (TPSA) is 20.2 Å². The van der Waals surface area contributed by atoms with Gasteiger partial charge in [0, 0.05) is 11.0 Å². The molecule has 0 spiro atoms. The van der Waals surface area contributed by atoms with Gasteiger partial charge in [-0.05, 0) is 46.2 Å². The summed E-state index contributed by atoms with van der Waals surface area (Å²) in [6.07, 6.45) is 0.667. The molecule has 1 rings (SSSR count). The molecule has 0 radical (unpaired) electrons. The fourth-order valence-corrected chi connectivity index (χ4v) is 1.89. The van der Waals surface area contributed by atoms with E-state index in [1.807, 2.05) is 44.2 Å². The average molecular weight is 216 g/mol. The predicted octanol–water partition coefficient (Wildman–Crippen LogP) is 3.23. The van der Waals surface area contributed by atoms with E-state index < -0.39 is 5.60 Å². The highest BCUT2D eigenvalue weighted by atomic mass is 16.3. The molecule has 0 aliphatic rings. The Kier molecular flexibility index (Phi) is 3.78. The van der Waals surface area contributed by atoms with Gasteiger partial charge >= 0.3 is 0 Å².